The number of rotatable bonds is 5. The second-order valence-corrected chi connectivity index (χ2v) is 6.96. The molecule has 0 aliphatic rings. The van der Waals surface area contributed by atoms with Crippen LogP contribution in [0, 0.1) is 0 Å². The topological polar surface area (TPSA) is 90.0 Å². The summed E-state index contributed by atoms with van der Waals surface area (Å²) in [5, 5.41) is 8.95. The highest BCUT2D eigenvalue weighted by Crippen LogP contribution is 2.29. The first-order valence-corrected chi connectivity index (χ1v) is 9.40. The van der Waals surface area contributed by atoms with Crippen molar-refractivity contribution in [3.8, 4) is 16.8 Å². The van der Waals surface area contributed by atoms with Crippen molar-refractivity contribution in [1.29, 1.82) is 0 Å². The molecule has 0 aliphatic heterocycles. The molecule has 0 spiro atoms. The van der Waals surface area contributed by atoms with Crippen LogP contribution in [0.25, 0.3) is 16.8 Å². The fourth-order valence-electron chi connectivity index (χ4n) is 2.81. The van der Waals surface area contributed by atoms with Gasteiger partial charge in [0.05, 0.1) is 10.6 Å². The van der Waals surface area contributed by atoms with Crippen LogP contribution >= 0.6 is 11.3 Å². The van der Waals surface area contributed by atoms with Gasteiger partial charge in [-0.05, 0) is 47.3 Å². The minimum absolute atomic E-state index is 0.156. The molecule has 0 aliphatic carbocycles. The molecular weight excluding hydrogens is 372 g/mol. The van der Waals surface area contributed by atoms with Gasteiger partial charge < -0.3 is 11.1 Å². The van der Waals surface area contributed by atoms with Crippen LogP contribution in [0.4, 0.5) is 5.69 Å². The van der Waals surface area contributed by atoms with Crippen LogP contribution in [0.15, 0.2) is 78.3 Å². The maximum absolute atomic E-state index is 12.7. The number of nitrogens with one attached hydrogen (secondary N) is 1. The zero-order valence-corrected chi connectivity index (χ0v) is 15.5. The normalized spacial score (nSPS) is 10.6. The van der Waals surface area contributed by atoms with Gasteiger partial charge in [0.1, 0.15) is 5.69 Å². The van der Waals surface area contributed by atoms with Crippen LogP contribution in [-0.4, -0.2) is 21.6 Å². The van der Waals surface area contributed by atoms with E-state index in [-0.39, 0.29) is 11.6 Å². The summed E-state index contributed by atoms with van der Waals surface area (Å²) >= 11 is 1.41. The molecule has 0 radical (unpaired) electrons. The van der Waals surface area contributed by atoms with Gasteiger partial charge in [0, 0.05) is 17.4 Å². The number of aromatic nitrogens is 2. The number of amides is 2. The minimum Gasteiger partial charge on any atom is -0.364 e. The monoisotopic (exact) mass is 388 g/mol. The van der Waals surface area contributed by atoms with Crippen LogP contribution in [0.2, 0.25) is 0 Å². The Balaban J connectivity index is 1.51. The van der Waals surface area contributed by atoms with Crippen LogP contribution in [0.5, 0.6) is 0 Å². The predicted octanol–water partition coefficient (Wildman–Crippen LogP) is 3.95. The van der Waals surface area contributed by atoms with Crippen molar-refractivity contribution in [2.75, 3.05) is 5.32 Å². The number of carbonyl (C=O) groups excluding carboxylic acids is 2. The van der Waals surface area contributed by atoms with Crippen molar-refractivity contribution in [3.63, 3.8) is 0 Å². The Bertz CT molecular complexity index is 1130. The lowest BCUT2D eigenvalue weighted by molar-refractivity contribution is 0.0993. The summed E-state index contributed by atoms with van der Waals surface area (Å²) < 4.78 is 1.55. The molecule has 2 heterocycles. The van der Waals surface area contributed by atoms with E-state index >= 15 is 0 Å². The zero-order valence-electron chi connectivity index (χ0n) is 14.7. The van der Waals surface area contributed by atoms with Crippen LogP contribution in [0.3, 0.4) is 0 Å². The number of thiophene rings is 1. The molecule has 0 saturated heterocycles. The molecule has 4 aromatic rings. The highest BCUT2D eigenvalue weighted by Gasteiger charge is 2.15. The van der Waals surface area contributed by atoms with Gasteiger partial charge in [0.2, 0.25) is 0 Å². The first-order chi connectivity index (χ1) is 13.6. The Morgan fingerprint density at radius 2 is 1.71 bits per heavy atom. The summed E-state index contributed by atoms with van der Waals surface area (Å²) in [4.78, 5) is 24.6. The fraction of sp³-hybridized carbons (Fsp3) is 0. The van der Waals surface area contributed by atoms with Gasteiger partial charge in [-0.3, -0.25) is 9.59 Å². The molecule has 7 heteroatoms. The summed E-state index contributed by atoms with van der Waals surface area (Å²) in [6, 6.07) is 20.5. The van der Waals surface area contributed by atoms with E-state index in [0.717, 1.165) is 16.8 Å². The zero-order chi connectivity index (χ0) is 19.5. The summed E-state index contributed by atoms with van der Waals surface area (Å²) in [6.07, 6.45) is 1.66. The third-order valence-electron chi connectivity index (χ3n) is 4.19. The molecule has 0 atom stereocenters. The van der Waals surface area contributed by atoms with Crippen LogP contribution in [-0.2, 0) is 0 Å². The number of primary amides is 1. The first kappa shape index (κ1) is 17.7. The average molecular weight is 388 g/mol. The first-order valence-electron chi connectivity index (χ1n) is 8.52. The van der Waals surface area contributed by atoms with E-state index in [0.29, 0.717) is 10.6 Å². The van der Waals surface area contributed by atoms with E-state index < -0.39 is 5.91 Å². The van der Waals surface area contributed by atoms with Crippen molar-refractivity contribution < 1.29 is 9.59 Å². The van der Waals surface area contributed by atoms with Crippen LogP contribution < -0.4 is 11.1 Å². The maximum Gasteiger partial charge on any atom is 0.269 e. The Morgan fingerprint density at radius 3 is 2.39 bits per heavy atom. The Labute approximate surface area is 165 Å². The highest BCUT2D eigenvalue weighted by molar-refractivity contribution is 7.12. The Morgan fingerprint density at radius 1 is 0.964 bits per heavy atom. The van der Waals surface area contributed by atoms with Gasteiger partial charge in [0.15, 0.2) is 0 Å². The summed E-state index contributed by atoms with van der Waals surface area (Å²) in [5.41, 5.74) is 8.77. The summed E-state index contributed by atoms with van der Waals surface area (Å²) in [7, 11) is 0. The van der Waals surface area contributed by atoms with Crippen molar-refractivity contribution >= 4 is 28.8 Å². The van der Waals surface area contributed by atoms with Crippen LogP contribution in [0.1, 0.15) is 20.2 Å². The van der Waals surface area contributed by atoms with E-state index in [1.54, 1.807) is 41.2 Å². The maximum atomic E-state index is 12.7. The molecule has 138 valence electrons. The molecule has 4 rings (SSSR count). The van der Waals surface area contributed by atoms with Gasteiger partial charge in [0.25, 0.3) is 11.8 Å². The third-order valence-corrected chi connectivity index (χ3v) is 5.10. The smallest absolute Gasteiger partial charge is 0.269 e. The SMILES string of the molecule is NC(=O)c1ccn(-c2ccc(NC(=O)c3sccc3-c3ccccc3)cc2)n1. The fourth-order valence-corrected chi connectivity index (χ4v) is 3.63. The van der Waals surface area contributed by atoms with Gasteiger partial charge in [-0.1, -0.05) is 30.3 Å². The van der Waals surface area contributed by atoms with Gasteiger partial charge in [-0.25, -0.2) is 4.68 Å². The molecule has 0 bridgehead atoms. The van der Waals surface area contributed by atoms with E-state index in [9.17, 15) is 9.59 Å². The second kappa shape index (κ2) is 7.50. The number of benzene rings is 2. The summed E-state index contributed by atoms with van der Waals surface area (Å²) in [6.45, 7) is 0. The van der Waals surface area contributed by atoms with E-state index in [2.05, 4.69) is 10.4 Å². The van der Waals surface area contributed by atoms with Crippen molar-refractivity contribution in [1.82, 2.24) is 9.78 Å². The lowest BCUT2D eigenvalue weighted by Crippen LogP contribution is -2.12. The lowest BCUT2D eigenvalue weighted by Gasteiger charge is -2.08. The molecule has 2 aromatic carbocycles. The van der Waals surface area contributed by atoms with E-state index in [1.165, 1.54) is 11.3 Å². The molecule has 0 unspecified atom stereocenters. The number of nitrogens with zero attached hydrogens (tertiary/aromatic N) is 2. The van der Waals surface area contributed by atoms with Gasteiger partial charge in [-0.2, -0.15) is 5.10 Å². The van der Waals surface area contributed by atoms with E-state index in [4.69, 9.17) is 5.73 Å². The third kappa shape index (κ3) is 3.56. The van der Waals surface area contributed by atoms with Gasteiger partial charge in [-0.15, -0.1) is 11.3 Å². The minimum atomic E-state index is -0.576. The van der Waals surface area contributed by atoms with Gasteiger partial charge >= 0.3 is 0 Å². The predicted molar refractivity (Wildman–Crippen MR) is 110 cm³/mol. The molecule has 2 amide bonds. The molecule has 0 saturated carbocycles. The quantitative estimate of drug-likeness (QED) is 0.542. The van der Waals surface area contributed by atoms with Crippen molar-refractivity contribution in [2.24, 2.45) is 5.73 Å². The molecule has 2 aromatic heterocycles. The molecule has 6 nitrogen and oxygen atoms in total. The number of hydrogen-bond donors (Lipinski definition) is 2. The standard InChI is InChI=1S/C21H16N4O2S/c22-20(26)18-10-12-25(24-18)16-8-6-15(7-9-16)23-21(27)19-17(11-13-28-19)14-4-2-1-3-5-14/h1-13H,(H2,22,26)(H,23,27). The highest BCUT2D eigenvalue weighted by atomic mass is 32.1. The number of hydrogen-bond acceptors (Lipinski definition) is 4. The van der Waals surface area contributed by atoms with Crippen molar-refractivity contribution in [3.05, 3.63) is 88.9 Å². The molecular formula is C21H16N4O2S. The second-order valence-electron chi connectivity index (χ2n) is 6.04. The van der Waals surface area contributed by atoms with E-state index in [1.807, 2.05) is 41.8 Å². The average Bonchev–Trinajstić information content (AvgIpc) is 3.39. The Hall–Kier alpha value is -3.71. The Kier molecular flexibility index (Phi) is 4.74. The largest absolute Gasteiger partial charge is 0.364 e. The lowest BCUT2D eigenvalue weighted by atomic mass is 10.1. The number of anilines is 1. The summed E-state index contributed by atoms with van der Waals surface area (Å²) in [5.74, 6) is -0.732. The molecule has 0 fully saturated rings. The number of nitrogens with two attached hydrogens (primary N) is 1. The number of carbonyl (C=O) groups is 2. The molecule has 3 N–H and O–H groups in total. The molecule has 28 heavy (non-hydrogen) atoms. The van der Waals surface area contributed by atoms with Crippen molar-refractivity contribution in [2.45, 2.75) is 0 Å².